The van der Waals surface area contributed by atoms with E-state index in [1.807, 2.05) is 6.07 Å². The Kier molecular flexibility index (Phi) is 6.47. The van der Waals surface area contributed by atoms with Gasteiger partial charge in [-0.05, 0) is 42.1 Å². The molecule has 0 unspecified atom stereocenters. The number of nitrogens with zero attached hydrogens (tertiary/aromatic N) is 1. The molecule has 0 aliphatic carbocycles. The third-order valence-corrected chi connectivity index (χ3v) is 4.10. The van der Waals surface area contributed by atoms with Gasteiger partial charge in [0.2, 0.25) is 0 Å². The van der Waals surface area contributed by atoms with Crippen LogP contribution in [0.25, 0.3) is 6.08 Å². The topological polar surface area (TPSA) is 88.4 Å². The van der Waals surface area contributed by atoms with Gasteiger partial charge in [-0.15, -0.1) is 11.3 Å². The average molecular weight is 374 g/mol. The van der Waals surface area contributed by atoms with Gasteiger partial charge < -0.3 is 14.8 Å². The zero-order valence-electron chi connectivity index (χ0n) is 14.0. The van der Waals surface area contributed by atoms with E-state index in [0.717, 1.165) is 6.08 Å². The van der Waals surface area contributed by atoms with Crippen molar-refractivity contribution in [1.29, 1.82) is 5.26 Å². The Morgan fingerprint density at radius 3 is 2.81 bits per heavy atom. The number of halogens is 1. The Hall–Kier alpha value is -3.18. The molecule has 0 fully saturated rings. The third kappa shape index (κ3) is 4.91. The summed E-state index contributed by atoms with van der Waals surface area (Å²) in [6, 6.07) is 7.74. The first-order valence-electron chi connectivity index (χ1n) is 7.45. The molecule has 1 N–H and O–H groups in total. The fourth-order valence-electron chi connectivity index (χ4n) is 1.93. The predicted octanol–water partition coefficient (Wildman–Crippen LogP) is 3.35. The predicted molar refractivity (Wildman–Crippen MR) is 95.2 cm³/mol. The molecule has 0 saturated heterocycles. The minimum absolute atomic E-state index is 0.0975. The van der Waals surface area contributed by atoms with Crippen LogP contribution in [0, 0.1) is 17.1 Å². The van der Waals surface area contributed by atoms with E-state index in [1.54, 1.807) is 17.5 Å². The summed E-state index contributed by atoms with van der Waals surface area (Å²) in [5, 5.41) is 13.5. The van der Waals surface area contributed by atoms with Crippen molar-refractivity contribution in [2.45, 2.75) is 13.0 Å². The lowest BCUT2D eigenvalue weighted by Crippen LogP contribution is -2.29. The average Bonchev–Trinajstić information content (AvgIpc) is 3.07. The van der Waals surface area contributed by atoms with Crippen molar-refractivity contribution in [1.82, 2.24) is 0 Å². The SMILES string of the molecule is COc1ccc(/C=C/C(=O)O[C@H](C)C(=O)Nc2sccc2C#N)cc1F. The van der Waals surface area contributed by atoms with Gasteiger partial charge in [-0.2, -0.15) is 5.26 Å². The molecule has 8 heteroatoms. The van der Waals surface area contributed by atoms with E-state index in [2.05, 4.69) is 5.32 Å². The number of nitriles is 1. The highest BCUT2D eigenvalue weighted by Crippen LogP contribution is 2.22. The molecule has 1 heterocycles. The molecule has 0 aliphatic rings. The van der Waals surface area contributed by atoms with Crippen LogP contribution in [0.2, 0.25) is 0 Å². The van der Waals surface area contributed by atoms with Crippen LogP contribution in [0.5, 0.6) is 5.75 Å². The lowest BCUT2D eigenvalue weighted by molar-refractivity contribution is -0.148. The summed E-state index contributed by atoms with van der Waals surface area (Å²) in [5.74, 6) is -1.77. The maximum absolute atomic E-state index is 13.6. The molecule has 134 valence electrons. The summed E-state index contributed by atoms with van der Waals surface area (Å²) in [4.78, 5) is 23.8. The van der Waals surface area contributed by atoms with Crippen LogP contribution in [0.1, 0.15) is 18.1 Å². The Labute approximate surface area is 153 Å². The van der Waals surface area contributed by atoms with E-state index in [9.17, 15) is 14.0 Å². The minimum Gasteiger partial charge on any atom is -0.494 e. The lowest BCUT2D eigenvalue weighted by Gasteiger charge is -2.11. The first kappa shape index (κ1) is 19.1. The molecule has 1 amide bonds. The highest BCUT2D eigenvalue weighted by Gasteiger charge is 2.18. The summed E-state index contributed by atoms with van der Waals surface area (Å²) in [5.41, 5.74) is 0.776. The van der Waals surface area contributed by atoms with Crippen molar-refractivity contribution in [3.63, 3.8) is 0 Å². The summed E-state index contributed by atoms with van der Waals surface area (Å²) in [6.45, 7) is 1.41. The van der Waals surface area contributed by atoms with Crippen molar-refractivity contribution >= 4 is 34.3 Å². The van der Waals surface area contributed by atoms with Crippen LogP contribution in [-0.4, -0.2) is 25.1 Å². The minimum atomic E-state index is -1.06. The molecular formula is C18H15FN2O4S. The number of ether oxygens (including phenoxy) is 2. The molecule has 2 aromatic rings. The second kappa shape index (κ2) is 8.78. The quantitative estimate of drug-likeness (QED) is 0.619. The Bertz CT molecular complexity index is 886. The van der Waals surface area contributed by atoms with Crippen LogP contribution in [0.3, 0.4) is 0 Å². The lowest BCUT2D eigenvalue weighted by atomic mass is 10.2. The van der Waals surface area contributed by atoms with Gasteiger partial charge in [0.1, 0.15) is 11.1 Å². The van der Waals surface area contributed by atoms with Gasteiger partial charge in [-0.1, -0.05) is 6.07 Å². The third-order valence-electron chi connectivity index (χ3n) is 3.27. The zero-order valence-corrected chi connectivity index (χ0v) is 14.8. The molecule has 0 bridgehead atoms. The normalized spacial score (nSPS) is 11.6. The summed E-state index contributed by atoms with van der Waals surface area (Å²) in [7, 11) is 1.35. The number of anilines is 1. The molecule has 1 aromatic carbocycles. The number of rotatable bonds is 6. The fourth-order valence-corrected chi connectivity index (χ4v) is 2.67. The zero-order chi connectivity index (χ0) is 19.1. The van der Waals surface area contributed by atoms with Gasteiger partial charge >= 0.3 is 5.97 Å². The molecule has 6 nitrogen and oxygen atoms in total. The Balaban J connectivity index is 1.93. The molecule has 0 saturated carbocycles. The van der Waals surface area contributed by atoms with Crippen LogP contribution in [-0.2, 0) is 14.3 Å². The van der Waals surface area contributed by atoms with Gasteiger partial charge in [0, 0.05) is 6.08 Å². The number of benzene rings is 1. The number of nitrogens with one attached hydrogen (secondary N) is 1. The number of methoxy groups -OCH3 is 1. The standard InChI is InChI=1S/C18H15FN2O4S/c1-11(17(23)21-18-13(10-20)7-8-26-18)25-16(22)6-4-12-3-5-15(24-2)14(19)9-12/h3-9,11H,1-2H3,(H,21,23)/b6-4+/t11-/m1/s1. The van der Waals surface area contributed by atoms with Crippen LogP contribution in [0.4, 0.5) is 9.39 Å². The number of thiophene rings is 1. The maximum Gasteiger partial charge on any atom is 0.331 e. The van der Waals surface area contributed by atoms with Crippen molar-refractivity contribution in [2.75, 3.05) is 12.4 Å². The number of hydrogen-bond donors (Lipinski definition) is 1. The highest BCUT2D eigenvalue weighted by molar-refractivity contribution is 7.14. The Morgan fingerprint density at radius 1 is 1.38 bits per heavy atom. The van der Waals surface area contributed by atoms with Crippen molar-refractivity contribution < 1.29 is 23.5 Å². The molecule has 26 heavy (non-hydrogen) atoms. The summed E-state index contributed by atoms with van der Waals surface area (Å²) in [6.07, 6.45) is 1.40. The van der Waals surface area contributed by atoms with E-state index in [-0.39, 0.29) is 5.75 Å². The molecule has 0 radical (unpaired) electrons. The van der Waals surface area contributed by atoms with Crippen molar-refractivity contribution in [2.24, 2.45) is 0 Å². The first-order valence-corrected chi connectivity index (χ1v) is 8.33. The second-order valence-corrected chi connectivity index (χ2v) is 5.99. The van der Waals surface area contributed by atoms with Crippen LogP contribution < -0.4 is 10.1 Å². The van der Waals surface area contributed by atoms with Crippen molar-refractivity contribution in [3.8, 4) is 11.8 Å². The van der Waals surface area contributed by atoms with Gasteiger partial charge in [0.25, 0.3) is 5.91 Å². The number of amides is 1. The molecule has 2 rings (SSSR count). The number of hydrogen-bond acceptors (Lipinski definition) is 6. The van der Waals surface area contributed by atoms with E-state index >= 15 is 0 Å². The molecule has 1 aromatic heterocycles. The van der Waals surface area contributed by atoms with Gasteiger partial charge in [0.15, 0.2) is 17.7 Å². The van der Waals surface area contributed by atoms with E-state index < -0.39 is 23.8 Å². The second-order valence-electron chi connectivity index (χ2n) is 5.07. The number of esters is 1. The largest absolute Gasteiger partial charge is 0.494 e. The molecule has 1 atom stereocenters. The van der Waals surface area contributed by atoms with Gasteiger partial charge in [-0.3, -0.25) is 4.79 Å². The van der Waals surface area contributed by atoms with Crippen molar-refractivity contribution in [3.05, 3.63) is 52.7 Å². The molecule has 0 spiro atoms. The molecule has 0 aliphatic heterocycles. The first-order chi connectivity index (χ1) is 12.4. The van der Waals surface area contributed by atoms with E-state index in [0.29, 0.717) is 16.1 Å². The fraction of sp³-hybridized carbons (Fsp3) is 0.167. The van der Waals surface area contributed by atoms with Gasteiger partial charge in [0.05, 0.1) is 12.7 Å². The van der Waals surface area contributed by atoms with Crippen LogP contribution in [0.15, 0.2) is 35.7 Å². The highest BCUT2D eigenvalue weighted by atomic mass is 32.1. The molecular weight excluding hydrogens is 359 g/mol. The number of carbonyl (C=O) groups excluding carboxylic acids is 2. The van der Waals surface area contributed by atoms with E-state index in [4.69, 9.17) is 14.7 Å². The van der Waals surface area contributed by atoms with Gasteiger partial charge in [-0.25, -0.2) is 9.18 Å². The summed E-state index contributed by atoms with van der Waals surface area (Å²) < 4.78 is 23.4. The summed E-state index contributed by atoms with van der Waals surface area (Å²) >= 11 is 1.20. The number of carbonyl (C=O) groups is 2. The smallest absolute Gasteiger partial charge is 0.331 e. The maximum atomic E-state index is 13.6. The van der Waals surface area contributed by atoms with E-state index in [1.165, 1.54) is 43.6 Å². The monoisotopic (exact) mass is 374 g/mol. The Morgan fingerprint density at radius 2 is 2.15 bits per heavy atom. The van der Waals surface area contributed by atoms with Crippen LogP contribution >= 0.6 is 11.3 Å².